The molecule has 0 amide bonds. The molecule has 0 atom stereocenters. The summed E-state index contributed by atoms with van der Waals surface area (Å²) < 4.78 is 10.6. The van der Waals surface area contributed by atoms with E-state index in [4.69, 9.17) is 14.6 Å². The van der Waals surface area contributed by atoms with Crippen molar-refractivity contribution in [2.45, 2.75) is 13.2 Å². The third-order valence-electron chi connectivity index (χ3n) is 2.53. The van der Waals surface area contributed by atoms with Crippen LogP contribution in [-0.2, 0) is 13.2 Å². The van der Waals surface area contributed by atoms with E-state index < -0.39 is 0 Å². The van der Waals surface area contributed by atoms with E-state index in [-0.39, 0.29) is 6.61 Å². The van der Waals surface area contributed by atoms with Crippen LogP contribution in [0, 0.1) is 0 Å². The summed E-state index contributed by atoms with van der Waals surface area (Å²) in [5.41, 5.74) is 1.82. The maximum atomic E-state index is 9.01. The van der Waals surface area contributed by atoms with Gasteiger partial charge in [-0.3, -0.25) is 0 Å². The Hall–Kier alpha value is -2.07. The third kappa shape index (κ3) is 3.21. The van der Waals surface area contributed by atoms with Crippen LogP contribution in [0.2, 0.25) is 0 Å². The minimum atomic E-state index is -0.0125. The molecule has 0 saturated heterocycles. The largest absolute Gasteiger partial charge is 0.497 e. The Balaban J connectivity index is 1.97. The summed E-state index contributed by atoms with van der Waals surface area (Å²) in [5.74, 6) is 1.33. The van der Waals surface area contributed by atoms with E-state index in [1.807, 2.05) is 24.3 Å². The summed E-state index contributed by atoms with van der Waals surface area (Å²) in [7, 11) is 1.63. The molecule has 0 bridgehead atoms. The van der Waals surface area contributed by atoms with Crippen LogP contribution in [0.4, 0.5) is 0 Å². The number of aromatic nitrogens is 1. The maximum absolute atomic E-state index is 9.01. The van der Waals surface area contributed by atoms with E-state index in [1.54, 1.807) is 25.4 Å². The molecule has 4 heteroatoms. The van der Waals surface area contributed by atoms with E-state index in [2.05, 4.69) is 4.98 Å². The molecule has 0 spiro atoms. The average molecular weight is 245 g/mol. The van der Waals surface area contributed by atoms with E-state index in [1.165, 1.54) is 0 Å². The summed E-state index contributed by atoms with van der Waals surface area (Å²) in [6.45, 7) is 0.424. The lowest BCUT2D eigenvalue weighted by Crippen LogP contribution is -1.98. The van der Waals surface area contributed by atoms with E-state index in [9.17, 15) is 0 Å². The number of methoxy groups -OCH3 is 1. The molecular formula is C14H15NO3. The van der Waals surface area contributed by atoms with Gasteiger partial charge in [0.05, 0.1) is 13.7 Å². The van der Waals surface area contributed by atoms with Gasteiger partial charge in [-0.1, -0.05) is 12.1 Å². The Kier molecular flexibility index (Phi) is 4.15. The molecule has 1 aromatic heterocycles. The second-order valence-corrected chi connectivity index (χ2v) is 3.80. The number of hydrogen-bond acceptors (Lipinski definition) is 4. The number of aliphatic hydroxyl groups excluding tert-OH is 1. The highest BCUT2D eigenvalue weighted by Crippen LogP contribution is 2.14. The molecule has 2 aromatic rings. The molecule has 4 nitrogen and oxygen atoms in total. The first-order valence-corrected chi connectivity index (χ1v) is 5.63. The summed E-state index contributed by atoms with van der Waals surface area (Å²) in [6, 6.07) is 11.1. The van der Waals surface area contributed by atoms with Gasteiger partial charge in [0, 0.05) is 12.3 Å². The Labute approximate surface area is 106 Å². The first-order chi connectivity index (χ1) is 8.81. The monoisotopic (exact) mass is 245 g/mol. The second kappa shape index (κ2) is 6.02. The molecular weight excluding hydrogens is 230 g/mol. The van der Waals surface area contributed by atoms with Crippen molar-refractivity contribution in [2.24, 2.45) is 0 Å². The van der Waals surface area contributed by atoms with Crippen molar-refractivity contribution in [2.75, 3.05) is 7.11 Å². The fourth-order valence-corrected chi connectivity index (χ4v) is 1.51. The third-order valence-corrected chi connectivity index (χ3v) is 2.53. The van der Waals surface area contributed by atoms with Crippen LogP contribution in [0.1, 0.15) is 11.1 Å². The molecule has 2 rings (SSSR count). The molecule has 0 aliphatic rings. The molecule has 0 unspecified atom stereocenters. The number of nitrogens with zero attached hydrogens (tertiary/aromatic N) is 1. The number of aliphatic hydroxyl groups is 1. The summed E-state index contributed by atoms with van der Waals surface area (Å²) in [5, 5.41) is 9.01. The van der Waals surface area contributed by atoms with Gasteiger partial charge in [0.1, 0.15) is 12.4 Å². The van der Waals surface area contributed by atoms with Crippen LogP contribution in [-0.4, -0.2) is 17.2 Å². The molecule has 0 aliphatic heterocycles. The first kappa shape index (κ1) is 12.4. The maximum Gasteiger partial charge on any atom is 0.213 e. The van der Waals surface area contributed by atoms with Gasteiger partial charge in [0.2, 0.25) is 5.88 Å². The molecule has 0 fully saturated rings. The minimum absolute atomic E-state index is 0.0125. The van der Waals surface area contributed by atoms with Gasteiger partial charge in [-0.25, -0.2) is 4.98 Å². The highest BCUT2D eigenvalue weighted by atomic mass is 16.5. The van der Waals surface area contributed by atoms with Crippen LogP contribution in [0.5, 0.6) is 11.6 Å². The second-order valence-electron chi connectivity index (χ2n) is 3.80. The van der Waals surface area contributed by atoms with Gasteiger partial charge in [-0.15, -0.1) is 0 Å². The molecule has 0 saturated carbocycles. The van der Waals surface area contributed by atoms with Gasteiger partial charge >= 0.3 is 0 Å². The Morgan fingerprint density at radius 3 is 2.56 bits per heavy atom. The zero-order valence-electron chi connectivity index (χ0n) is 10.2. The molecule has 1 heterocycles. The normalized spacial score (nSPS) is 10.1. The number of benzene rings is 1. The predicted octanol–water partition coefficient (Wildman–Crippen LogP) is 2.16. The van der Waals surface area contributed by atoms with Crippen molar-refractivity contribution < 1.29 is 14.6 Å². The lowest BCUT2D eigenvalue weighted by molar-refractivity contribution is 0.274. The van der Waals surface area contributed by atoms with Crippen LogP contribution < -0.4 is 9.47 Å². The van der Waals surface area contributed by atoms with Crippen LogP contribution >= 0.6 is 0 Å². The minimum Gasteiger partial charge on any atom is -0.497 e. The molecule has 0 radical (unpaired) electrons. The van der Waals surface area contributed by atoms with E-state index in [0.717, 1.165) is 16.9 Å². The molecule has 1 aromatic carbocycles. The highest BCUT2D eigenvalue weighted by Gasteiger charge is 1.99. The lowest BCUT2D eigenvalue weighted by Gasteiger charge is -2.07. The van der Waals surface area contributed by atoms with Crippen LogP contribution in [0.3, 0.4) is 0 Å². The van der Waals surface area contributed by atoms with Crippen molar-refractivity contribution in [3.05, 3.63) is 53.7 Å². The number of hydrogen-bond donors (Lipinski definition) is 1. The zero-order chi connectivity index (χ0) is 12.8. The summed E-state index contributed by atoms with van der Waals surface area (Å²) in [6.07, 6.45) is 1.62. The SMILES string of the molecule is COc1ccc(COc2cc(CO)ccn2)cc1. The van der Waals surface area contributed by atoms with Gasteiger partial charge < -0.3 is 14.6 Å². The number of ether oxygens (including phenoxy) is 2. The van der Waals surface area contributed by atoms with Crippen molar-refractivity contribution in [3.63, 3.8) is 0 Å². The van der Waals surface area contributed by atoms with Crippen molar-refractivity contribution >= 4 is 0 Å². The molecule has 94 valence electrons. The number of rotatable bonds is 5. The van der Waals surface area contributed by atoms with E-state index >= 15 is 0 Å². The molecule has 1 N–H and O–H groups in total. The zero-order valence-corrected chi connectivity index (χ0v) is 10.2. The molecule has 0 aliphatic carbocycles. The highest BCUT2D eigenvalue weighted by molar-refractivity contribution is 5.27. The Morgan fingerprint density at radius 1 is 1.11 bits per heavy atom. The van der Waals surface area contributed by atoms with E-state index in [0.29, 0.717) is 12.5 Å². The number of pyridine rings is 1. The van der Waals surface area contributed by atoms with Crippen molar-refractivity contribution in [3.8, 4) is 11.6 Å². The van der Waals surface area contributed by atoms with Gasteiger partial charge in [-0.2, -0.15) is 0 Å². The van der Waals surface area contributed by atoms with Crippen LogP contribution in [0.25, 0.3) is 0 Å². The first-order valence-electron chi connectivity index (χ1n) is 5.63. The summed E-state index contributed by atoms with van der Waals surface area (Å²) >= 11 is 0. The van der Waals surface area contributed by atoms with Gasteiger partial charge in [0.15, 0.2) is 0 Å². The fraction of sp³-hybridized carbons (Fsp3) is 0.214. The fourth-order valence-electron chi connectivity index (χ4n) is 1.51. The Bertz CT molecular complexity index is 497. The topological polar surface area (TPSA) is 51.6 Å². The Morgan fingerprint density at radius 2 is 1.89 bits per heavy atom. The standard InChI is InChI=1S/C14H15NO3/c1-17-13-4-2-11(3-5-13)10-18-14-8-12(9-16)6-7-15-14/h2-8,16H,9-10H2,1H3. The summed E-state index contributed by atoms with van der Waals surface area (Å²) in [4.78, 5) is 4.08. The lowest BCUT2D eigenvalue weighted by atomic mass is 10.2. The quantitative estimate of drug-likeness (QED) is 0.877. The van der Waals surface area contributed by atoms with Crippen molar-refractivity contribution in [1.29, 1.82) is 0 Å². The van der Waals surface area contributed by atoms with Crippen LogP contribution in [0.15, 0.2) is 42.6 Å². The predicted molar refractivity (Wildman–Crippen MR) is 67.5 cm³/mol. The average Bonchev–Trinajstić information content (AvgIpc) is 2.46. The molecule has 18 heavy (non-hydrogen) atoms. The van der Waals surface area contributed by atoms with Gasteiger partial charge in [-0.05, 0) is 29.3 Å². The van der Waals surface area contributed by atoms with Gasteiger partial charge in [0.25, 0.3) is 0 Å². The smallest absolute Gasteiger partial charge is 0.213 e. The van der Waals surface area contributed by atoms with Crippen molar-refractivity contribution in [1.82, 2.24) is 4.98 Å².